The van der Waals surface area contributed by atoms with E-state index in [9.17, 15) is 4.79 Å². The van der Waals surface area contributed by atoms with E-state index in [1.54, 1.807) is 17.8 Å². The molecule has 1 unspecified atom stereocenters. The molecule has 0 saturated carbocycles. The summed E-state index contributed by atoms with van der Waals surface area (Å²) in [5.41, 5.74) is 7.26. The number of rotatable bonds is 3. The van der Waals surface area contributed by atoms with Crippen LogP contribution in [0.25, 0.3) is 0 Å². The molecule has 1 aromatic heterocycles. The van der Waals surface area contributed by atoms with Crippen molar-refractivity contribution in [2.24, 2.45) is 12.8 Å². The van der Waals surface area contributed by atoms with Crippen molar-refractivity contribution in [1.82, 2.24) is 9.78 Å². The maximum Gasteiger partial charge on any atom is 0.305 e. The van der Waals surface area contributed by atoms with Gasteiger partial charge in [-0.1, -0.05) is 0 Å². The number of hydrogen-bond acceptors (Lipinski definition) is 3. The van der Waals surface area contributed by atoms with Crippen molar-refractivity contribution >= 4 is 5.97 Å². The second-order valence-electron chi connectivity index (χ2n) is 3.04. The molecule has 5 nitrogen and oxygen atoms in total. The highest BCUT2D eigenvalue weighted by Crippen LogP contribution is 2.13. The molecule has 0 aliphatic heterocycles. The van der Waals surface area contributed by atoms with Crippen molar-refractivity contribution in [2.45, 2.75) is 19.4 Å². The molecule has 0 saturated heterocycles. The molecule has 0 aromatic carbocycles. The van der Waals surface area contributed by atoms with Crippen LogP contribution in [0.4, 0.5) is 0 Å². The lowest BCUT2D eigenvalue weighted by atomic mass is 10.1. The summed E-state index contributed by atoms with van der Waals surface area (Å²) >= 11 is 0. The van der Waals surface area contributed by atoms with Crippen LogP contribution in [0.2, 0.25) is 0 Å². The van der Waals surface area contributed by atoms with Crippen LogP contribution in [0.3, 0.4) is 0 Å². The van der Waals surface area contributed by atoms with E-state index in [0.717, 1.165) is 11.4 Å². The largest absolute Gasteiger partial charge is 0.481 e. The molecule has 0 aliphatic carbocycles. The lowest BCUT2D eigenvalue weighted by Crippen LogP contribution is -2.18. The Labute approximate surface area is 76.2 Å². The minimum Gasteiger partial charge on any atom is -0.481 e. The molecule has 72 valence electrons. The minimum absolute atomic E-state index is 0.0705. The van der Waals surface area contributed by atoms with Crippen molar-refractivity contribution in [1.29, 1.82) is 0 Å². The number of carbonyl (C=O) groups is 1. The predicted octanol–water partition coefficient (Wildman–Crippen LogP) is 0.203. The number of hydrogen-bond donors (Lipinski definition) is 2. The summed E-state index contributed by atoms with van der Waals surface area (Å²) in [5.74, 6) is -0.897. The fourth-order valence-corrected chi connectivity index (χ4v) is 1.27. The summed E-state index contributed by atoms with van der Waals surface area (Å²) in [6.45, 7) is 1.84. The van der Waals surface area contributed by atoms with E-state index >= 15 is 0 Å². The van der Waals surface area contributed by atoms with Crippen molar-refractivity contribution in [3.63, 3.8) is 0 Å². The zero-order valence-corrected chi connectivity index (χ0v) is 7.69. The van der Waals surface area contributed by atoms with E-state index in [1.807, 2.05) is 6.92 Å². The highest BCUT2D eigenvalue weighted by atomic mass is 16.4. The molecule has 1 atom stereocenters. The van der Waals surface area contributed by atoms with Crippen LogP contribution in [0, 0.1) is 6.92 Å². The maximum absolute atomic E-state index is 10.4. The third-order valence-corrected chi connectivity index (χ3v) is 1.81. The Hall–Kier alpha value is -1.36. The van der Waals surface area contributed by atoms with Gasteiger partial charge in [-0.15, -0.1) is 0 Å². The van der Waals surface area contributed by atoms with Crippen LogP contribution in [-0.2, 0) is 11.8 Å². The molecule has 0 fully saturated rings. The van der Waals surface area contributed by atoms with Crippen molar-refractivity contribution < 1.29 is 9.90 Å². The first kappa shape index (κ1) is 9.73. The van der Waals surface area contributed by atoms with Gasteiger partial charge in [-0.2, -0.15) is 5.10 Å². The Morgan fingerprint density at radius 2 is 2.46 bits per heavy atom. The van der Waals surface area contributed by atoms with Gasteiger partial charge >= 0.3 is 5.97 Å². The number of aliphatic carboxylic acids is 1. The topological polar surface area (TPSA) is 81.1 Å². The Morgan fingerprint density at radius 3 is 2.85 bits per heavy atom. The lowest BCUT2D eigenvalue weighted by Gasteiger charge is -2.08. The van der Waals surface area contributed by atoms with E-state index < -0.39 is 12.0 Å². The first-order valence-electron chi connectivity index (χ1n) is 3.98. The van der Waals surface area contributed by atoms with Crippen LogP contribution >= 0.6 is 0 Å². The van der Waals surface area contributed by atoms with Crippen LogP contribution in [0.15, 0.2) is 6.07 Å². The van der Waals surface area contributed by atoms with Gasteiger partial charge < -0.3 is 10.8 Å². The second-order valence-corrected chi connectivity index (χ2v) is 3.04. The SMILES string of the molecule is Cc1cc(C(N)CC(=O)O)n(C)n1. The Morgan fingerprint density at radius 1 is 1.85 bits per heavy atom. The van der Waals surface area contributed by atoms with Crippen LogP contribution < -0.4 is 5.73 Å². The predicted molar refractivity (Wildman–Crippen MR) is 47.1 cm³/mol. The molecule has 0 spiro atoms. The number of carboxylic acids is 1. The normalized spacial score (nSPS) is 12.8. The second kappa shape index (κ2) is 3.57. The molecule has 0 bridgehead atoms. The number of carboxylic acid groups (broad SMARTS) is 1. The summed E-state index contributed by atoms with van der Waals surface area (Å²) in [6, 6.07) is 1.32. The first-order chi connectivity index (χ1) is 6.00. The molecule has 5 heteroatoms. The van der Waals surface area contributed by atoms with Gasteiger partial charge in [-0.25, -0.2) is 0 Å². The molecule has 1 aromatic rings. The summed E-state index contributed by atoms with van der Waals surface area (Å²) in [6.07, 6.45) is -0.0705. The third kappa shape index (κ3) is 2.29. The fourth-order valence-electron chi connectivity index (χ4n) is 1.27. The van der Waals surface area contributed by atoms with Crippen molar-refractivity contribution in [3.05, 3.63) is 17.5 Å². The summed E-state index contributed by atoms with van der Waals surface area (Å²) in [4.78, 5) is 10.4. The maximum atomic E-state index is 10.4. The van der Waals surface area contributed by atoms with E-state index in [0.29, 0.717) is 0 Å². The van der Waals surface area contributed by atoms with Gasteiger partial charge in [0.15, 0.2) is 0 Å². The molecule has 0 amide bonds. The molecule has 1 heterocycles. The lowest BCUT2D eigenvalue weighted by molar-refractivity contribution is -0.137. The first-order valence-corrected chi connectivity index (χ1v) is 3.98. The number of aromatic nitrogens is 2. The molecule has 3 N–H and O–H groups in total. The molecule has 0 aliphatic rings. The Kier molecular flexibility index (Phi) is 2.67. The summed E-state index contributed by atoms with van der Waals surface area (Å²) in [5, 5.41) is 12.6. The van der Waals surface area contributed by atoms with Gasteiger partial charge in [0.25, 0.3) is 0 Å². The quantitative estimate of drug-likeness (QED) is 0.701. The summed E-state index contributed by atoms with van der Waals surface area (Å²) < 4.78 is 1.61. The highest BCUT2D eigenvalue weighted by Gasteiger charge is 2.14. The average Bonchev–Trinajstić information content (AvgIpc) is 2.28. The van der Waals surface area contributed by atoms with E-state index in [2.05, 4.69) is 5.10 Å². The van der Waals surface area contributed by atoms with Crippen LogP contribution in [-0.4, -0.2) is 20.9 Å². The molecule has 0 radical (unpaired) electrons. The van der Waals surface area contributed by atoms with Gasteiger partial charge in [-0.3, -0.25) is 9.48 Å². The highest BCUT2D eigenvalue weighted by molar-refractivity contribution is 5.67. The molecule has 1 rings (SSSR count). The third-order valence-electron chi connectivity index (χ3n) is 1.81. The molecular weight excluding hydrogens is 170 g/mol. The van der Waals surface area contributed by atoms with Gasteiger partial charge in [0.05, 0.1) is 23.9 Å². The number of nitrogens with two attached hydrogens (primary N) is 1. The standard InChI is InChI=1S/C8H13N3O2/c1-5-3-7(11(2)10-5)6(9)4-8(12)13/h3,6H,4,9H2,1-2H3,(H,12,13). The zero-order chi connectivity index (χ0) is 10.0. The van der Waals surface area contributed by atoms with Crippen LogP contribution in [0.1, 0.15) is 23.9 Å². The van der Waals surface area contributed by atoms with E-state index in [-0.39, 0.29) is 6.42 Å². The fraction of sp³-hybridized carbons (Fsp3) is 0.500. The molecule has 13 heavy (non-hydrogen) atoms. The van der Waals surface area contributed by atoms with Gasteiger partial charge in [0.2, 0.25) is 0 Å². The molecular formula is C8H13N3O2. The summed E-state index contributed by atoms with van der Waals surface area (Å²) in [7, 11) is 1.75. The van der Waals surface area contributed by atoms with Crippen molar-refractivity contribution in [2.75, 3.05) is 0 Å². The minimum atomic E-state index is -0.897. The number of nitrogens with zero attached hydrogens (tertiary/aromatic N) is 2. The number of aryl methyl sites for hydroxylation is 2. The van der Waals surface area contributed by atoms with E-state index in [1.165, 1.54) is 0 Å². The Bertz CT molecular complexity index is 319. The van der Waals surface area contributed by atoms with Crippen LogP contribution in [0.5, 0.6) is 0 Å². The Balaban J connectivity index is 2.81. The van der Waals surface area contributed by atoms with Crippen molar-refractivity contribution in [3.8, 4) is 0 Å². The van der Waals surface area contributed by atoms with Gasteiger partial charge in [-0.05, 0) is 13.0 Å². The van der Waals surface area contributed by atoms with Gasteiger partial charge in [0.1, 0.15) is 0 Å². The smallest absolute Gasteiger partial charge is 0.305 e. The average molecular weight is 183 g/mol. The monoisotopic (exact) mass is 183 g/mol. The van der Waals surface area contributed by atoms with Gasteiger partial charge in [0, 0.05) is 7.05 Å². The van der Waals surface area contributed by atoms with E-state index in [4.69, 9.17) is 10.8 Å². The zero-order valence-electron chi connectivity index (χ0n) is 7.69.